The van der Waals surface area contributed by atoms with Crippen LogP contribution in [0.2, 0.25) is 0 Å². The normalized spacial score (nSPS) is 12.9. The Morgan fingerprint density at radius 3 is 2.48 bits per heavy atom. The lowest BCUT2D eigenvalue weighted by Crippen LogP contribution is -2.41. The zero-order valence-corrected chi connectivity index (χ0v) is 12.1. The third-order valence-corrected chi connectivity index (χ3v) is 2.37. The van der Waals surface area contributed by atoms with Crippen LogP contribution in [0.25, 0.3) is 0 Å². The molecule has 1 unspecified atom stereocenters. The molecule has 21 heavy (non-hydrogen) atoms. The number of hydrogen-bond acceptors (Lipinski definition) is 4. The molecule has 0 heterocycles. The molecule has 118 valence electrons. The molecule has 0 saturated carbocycles. The number of aliphatic hydroxyl groups excluding tert-OH is 1. The number of para-hydroxylation sites is 1. The van der Waals surface area contributed by atoms with E-state index in [1.54, 1.807) is 26.8 Å². The van der Waals surface area contributed by atoms with E-state index in [9.17, 15) is 18.7 Å². The average Bonchev–Trinajstić information content (AvgIpc) is 2.34. The minimum absolute atomic E-state index is 0.143. The van der Waals surface area contributed by atoms with E-state index >= 15 is 0 Å². The molecule has 0 aliphatic rings. The van der Waals surface area contributed by atoms with Gasteiger partial charge in [-0.2, -0.15) is 8.78 Å². The van der Waals surface area contributed by atoms with E-state index in [-0.39, 0.29) is 11.3 Å². The first-order chi connectivity index (χ1) is 9.73. The summed E-state index contributed by atoms with van der Waals surface area (Å²) >= 11 is 0. The number of carbonyl (C=O) groups is 1. The van der Waals surface area contributed by atoms with Gasteiger partial charge in [-0.3, -0.25) is 0 Å². The number of alkyl carbamates (subject to hydrolysis) is 1. The highest BCUT2D eigenvalue weighted by atomic mass is 19.3. The maximum atomic E-state index is 12.3. The predicted molar refractivity (Wildman–Crippen MR) is 72.3 cm³/mol. The zero-order chi connectivity index (χ0) is 16.0. The highest BCUT2D eigenvalue weighted by Gasteiger charge is 2.23. The maximum absolute atomic E-state index is 12.3. The molecule has 0 radical (unpaired) electrons. The van der Waals surface area contributed by atoms with E-state index in [0.29, 0.717) is 0 Å². The van der Waals surface area contributed by atoms with Gasteiger partial charge in [0.05, 0.1) is 6.61 Å². The first-order valence-corrected chi connectivity index (χ1v) is 6.36. The van der Waals surface area contributed by atoms with Crippen LogP contribution in [0.1, 0.15) is 32.4 Å². The van der Waals surface area contributed by atoms with Crippen LogP contribution in [0.3, 0.4) is 0 Å². The lowest BCUT2D eigenvalue weighted by atomic mass is 10.1. The van der Waals surface area contributed by atoms with Gasteiger partial charge in [0.2, 0.25) is 0 Å². The molecule has 2 N–H and O–H groups in total. The van der Waals surface area contributed by atoms with Crippen LogP contribution in [-0.2, 0) is 4.74 Å². The molecule has 1 amide bonds. The summed E-state index contributed by atoms with van der Waals surface area (Å²) in [5.74, 6) is -0.143. The largest absolute Gasteiger partial charge is 0.439 e. The molecule has 1 aromatic carbocycles. The Morgan fingerprint density at radius 2 is 1.95 bits per heavy atom. The quantitative estimate of drug-likeness (QED) is 0.877. The van der Waals surface area contributed by atoms with Crippen LogP contribution in [0.5, 0.6) is 5.75 Å². The van der Waals surface area contributed by atoms with Crippen LogP contribution in [0.4, 0.5) is 13.6 Å². The number of nitrogens with one attached hydrogen (secondary N) is 1. The Balaban J connectivity index is 2.87. The van der Waals surface area contributed by atoms with Gasteiger partial charge in [-0.1, -0.05) is 18.2 Å². The number of ether oxygens (including phenoxy) is 2. The molecular weight excluding hydrogens is 284 g/mol. The standard InChI is InChI=1S/C14H19F2NO4/c1-14(2,3)17-13(19)21-11(8-18)9-6-4-5-7-10(9)20-12(15)16/h4-7,11-12,18H,8H2,1-3H3,(H,17,19). The SMILES string of the molecule is CC(C)(C)NC(=O)OC(CO)c1ccccc1OC(F)F. The third kappa shape index (κ3) is 5.95. The van der Waals surface area contributed by atoms with Crippen molar-refractivity contribution in [2.45, 2.75) is 39.0 Å². The van der Waals surface area contributed by atoms with Gasteiger partial charge in [0.25, 0.3) is 0 Å². The second-order valence-electron chi connectivity index (χ2n) is 5.37. The lowest BCUT2D eigenvalue weighted by molar-refractivity contribution is -0.0523. The van der Waals surface area contributed by atoms with Crippen LogP contribution in [-0.4, -0.2) is 30.0 Å². The van der Waals surface area contributed by atoms with Crippen molar-refractivity contribution in [3.8, 4) is 5.75 Å². The summed E-state index contributed by atoms with van der Waals surface area (Å²) in [6, 6.07) is 5.84. The van der Waals surface area contributed by atoms with E-state index in [1.165, 1.54) is 18.2 Å². The number of halogens is 2. The summed E-state index contributed by atoms with van der Waals surface area (Å²) in [4.78, 5) is 11.7. The molecular formula is C14H19F2NO4. The smallest absolute Gasteiger partial charge is 0.408 e. The molecule has 0 aliphatic carbocycles. The molecule has 0 aromatic heterocycles. The average molecular weight is 303 g/mol. The molecule has 0 saturated heterocycles. The van der Waals surface area contributed by atoms with Crippen molar-refractivity contribution in [2.75, 3.05) is 6.61 Å². The van der Waals surface area contributed by atoms with Crippen molar-refractivity contribution in [3.05, 3.63) is 29.8 Å². The Labute approximate surface area is 121 Å². The van der Waals surface area contributed by atoms with E-state index < -0.39 is 31.0 Å². The van der Waals surface area contributed by atoms with Gasteiger partial charge in [-0.05, 0) is 26.8 Å². The molecule has 0 bridgehead atoms. The van der Waals surface area contributed by atoms with E-state index in [0.717, 1.165) is 0 Å². The van der Waals surface area contributed by atoms with E-state index in [1.807, 2.05) is 0 Å². The highest BCUT2D eigenvalue weighted by molar-refractivity contribution is 5.68. The summed E-state index contributed by atoms with van der Waals surface area (Å²) < 4.78 is 34.1. The molecule has 0 aliphatic heterocycles. The van der Waals surface area contributed by atoms with E-state index in [4.69, 9.17) is 4.74 Å². The molecule has 0 spiro atoms. The summed E-state index contributed by atoms with van der Waals surface area (Å²) in [5, 5.41) is 11.9. The molecule has 7 heteroatoms. The van der Waals surface area contributed by atoms with Crippen molar-refractivity contribution < 1.29 is 28.2 Å². The summed E-state index contributed by atoms with van der Waals surface area (Å²) in [7, 11) is 0. The Hall–Kier alpha value is -1.89. The fourth-order valence-electron chi connectivity index (χ4n) is 1.61. The minimum Gasteiger partial charge on any atom is -0.439 e. The van der Waals surface area contributed by atoms with Crippen molar-refractivity contribution in [1.82, 2.24) is 5.32 Å². The van der Waals surface area contributed by atoms with Gasteiger partial charge >= 0.3 is 12.7 Å². The topological polar surface area (TPSA) is 67.8 Å². The Bertz CT molecular complexity index is 474. The number of amides is 1. The van der Waals surface area contributed by atoms with Gasteiger partial charge < -0.3 is 19.9 Å². The Kier molecular flexibility index (Phi) is 5.90. The van der Waals surface area contributed by atoms with Crippen LogP contribution >= 0.6 is 0 Å². The van der Waals surface area contributed by atoms with Gasteiger partial charge in [-0.25, -0.2) is 4.79 Å². The monoisotopic (exact) mass is 303 g/mol. The zero-order valence-electron chi connectivity index (χ0n) is 12.1. The molecule has 1 atom stereocenters. The van der Waals surface area contributed by atoms with Crippen LogP contribution in [0.15, 0.2) is 24.3 Å². The number of alkyl halides is 2. The third-order valence-electron chi connectivity index (χ3n) is 2.37. The fraction of sp³-hybridized carbons (Fsp3) is 0.500. The molecule has 0 fully saturated rings. The molecule has 1 aromatic rings. The van der Waals surface area contributed by atoms with Gasteiger partial charge in [0, 0.05) is 11.1 Å². The number of carbonyl (C=O) groups excluding carboxylic acids is 1. The second kappa shape index (κ2) is 7.21. The van der Waals surface area contributed by atoms with Crippen molar-refractivity contribution >= 4 is 6.09 Å². The number of aliphatic hydroxyl groups is 1. The van der Waals surface area contributed by atoms with E-state index in [2.05, 4.69) is 10.1 Å². The van der Waals surface area contributed by atoms with Crippen molar-refractivity contribution in [1.29, 1.82) is 0 Å². The second-order valence-corrected chi connectivity index (χ2v) is 5.37. The van der Waals surface area contributed by atoms with Crippen LogP contribution < -0.4 is 10.1 Å². The first kappa shape index (κ1) is 17.2. The summed E-state index contributed by atoms with van der Waals surface area (Å²) in [5.41, 5.74) is -0.347. The van der Waals surface area contributed by atoms with Crippen molar-refractivity contribution in [3.63, 3.8) is 0 Å². The van der Waals surface area contributed by atoms with Crippen LogP contribution in [0, 0.1) is 0 Å². The highest BCUT2D eigenvalue weighted by Crippen LogP contribution is 2.28. The number of benzene rings is 1. The van der Waals surface area contributed by atoms with Gasteiger partial charge in [0.1, 0.15) is 5.75 Å². The van der Waals surface area contributed by atoms with Gasteiger partial charge in [-0.15, -0.1) is 0 Å². The molecule has 5 nitrogen and oxygen atoms in total. The fourth-order valence-corrected chi connectivity index (χ4v) is 1.61. The maximum Gasteiger partial charge on any atom is 0.408 e. The van der Waals surface area contributed by atoms with Gasteiger partial charge in [0.15, 0.2) is 6.10 Å². The predicted octanol–water partition coefficient (Wildman–Crippen LogP) is 2.85. The Morgan fingerprint density at radius 1 is 1.33 bits per heavy atom. The minimum atomic E-state index is -3.01. The lowest BCUT2D eigenvalue weighted by Gasteiger charge is -2.23. The summed E-state index contributed by atoms with van der Waals surface area (Å²) in [6.45, 7) is 1.72. The first-order valence-electron chi connectivity index (χ1n) is 6.36. The van der Waals surface area contributed by atoms with Crippen molar-refractivity contribution in [2.24, 2.45) is 0 Å². The molecule has 1 rings (SSSR count). The number of rotatable bonds is 5. The summed E-state index contributed by atoms with van der Waals surface area (Å²) in [6.07, 6.45) is -1.85. The number of hydrogen-bond donors (Lipinski definition) is 2.